The first kappa shape index (κ1) is 7.98. The van der Waals surface area contributed by atoms with Crippen LogP contribution in [-0.2, 0) is 9.47 Å². The summed E-state index contributed by atoms with van der Waals surface area (Å²) < 4.78 is 10.2. The van der Waals surface area contributed by atoms with Gasteiger partial charge in [-0.15, -0.1) is 0 Å². The summed E-state index contributed by atoms with van der Waals surface area (Å²) in [5, 5.41) is 8.57. The van der Waals surface area contributed by atoms with Crippen LogP contribution in [0, 0.1) is 0 Å². The SMILES string of the molecule is CCOCCC1OC1CO. The van der Waals surface area contributed by atoms with Crippen molar-refractivity contribution in [3.8, 4) is 0 Å². The van der Waals surface area contributed by atoms with Crippen LogP contribution < -0.4 is 0 Å². The van der Waals surface area contributed by atoms with Gasteiger partial charge < -0.3 is 14.6 Å². The molecule has 0 amide bonds. The van der Waals surface area contributed by atoms with E-state index in [1.54, 1.807) is 0 Å². The first-order valence-electron chi connectivity index (χ1n) is 3.72. The van der Waals surface area contributed by atoms with E-state index in [0.717, 1.165) is 19.6 Å². The molecular weight excluding hydrogens is 132 g/mol. The molecule has 2 unspecified atom stereocenters. The maximum atomic E-state index is 8.57. The van der Waals surface area contributed by atoms with Crippen molar-refractivity contribution in [2.24, 2.45) is 0 Å². The third kappa shape index (κ3) is 2.25. The van der Waals surface area contributed by atoms with E-state index in [-0.39, 0.29) is 18.8 Å². The minimum absolute atomic E-state index is 0.0976. The zero-order valence-corrected chi connectivity index (χ0v) is 6.25. The lowest BCUT2D eigenvalue weighted by atomic mass is 10.2. The van der Waals surface area contributed by atoms with Gasteiger partial charge in [0.25, 0.3) is 0 Å². The number of hydrogen-bond donors (Lipinski definition) is 1. The minimum atomic E-state index is 0.0976. The van der Waals surface area contributed by atoms with Gasteiger partial charge >= 0.3 is 0 Å². The summed E-state index contributed by atoms with van der Waals surface area (Å²) in [5.41, 5.74) is 0. The molecule has 3 nitrogen and oxygen atoms in total. The van der Waals surface area contributed by atoms with Crippen LogP contribution in [0.3, 0.4) is 0 Å². The monoisotopic (exact) mass is 146 g/mol. The summed E-state index contributed by atoms with van der Waals surface area (Å²) in [6.07, 6.45) is 1.27. The van der Waals surface area contributed by atoms with E-state index >= 15 is 0 Å². The van der Waals surface area contributed by atoms with Crippen molar-refractivity contribution in [2.45, 2.75) is 25.6 Å². The molecule has 0 spiro atoms. The summed E-state index contributed by atoms with van der Waals surface area (Å²) in [7, 11) is 0. The third-order valence-electron chi connectivity index (χ3n) is 1.62. The van der Waals surface area contributed by atoms with Crippen LogP contribution in [0.25, 0.3) is 0 Å². The van der Waals surface area contributed by atoms with Crippen molar-refractivity contribution in [3.05, 3.63) is 0 Å². The Morgan fingerprint density at radius 2 is 2.30 bits per heavy atom. The Labute approximate surface area is 60.9 Å². The maximum Gasteiger partial charge on any atom is 0.107 e. The summed E-state index contributed by atoms with van der Waals surface area (Å²) in [4.78, 5) is 0. The average Bonchev–Trinajstić information content (AvgIpc) is 2.68. The van der Waals surface area contributed by atoms with Crippen molar-refractivity contribution >= 4 is 0 Å². The number of aliphatic hydroxyl groups is 1. The molecule has 3 heteroatoms. The van der Waals surface area contributed by atoms with E-state index < -0.39 is 0 Å². The molecule has 0 aromatic heterocycles. The zero-order valence-electron chi connectivity index (χ0n) is 6.25. The van der Waals surface area contributed by atoms with E-state index in [1.807, 2.05) is 6.92 Å². The Balaban J connectivity index is 1.87. The predicted octanol–water partition coefficient (Wildman–Crippen LogP) is 0.173. The van der Waals surface area contributed by atoms with E-state index in [1.165, 1.54) is 0 Å². The fraction of sp³-hybridized carbons (Fsp3) is 1.00. The number of aliphatic hydroxyl groups excluding tert-OH is 1. The molecule has 1 saturated heterocycles. The molecule has 0 aromatic rings. The van der Waals surface area contributed by atoms with Crippen LogP contribution in [-0.4, -0.2) is 37.1 Å². The van der Waals surface area contributed by atoms with Gasteiger partial charge in [0.15, 0.2) is 0 Å². The van der Waals surface area contributed by atoms with E-state index in [2.05, 4.69) is 0 Å². The Morgan fingerprint density at radius 1 is 1.50 bits per heavy atom. The van der Waals surface area contributed by atoms with Crippen LogP contribution >= 0.6 is 0 Å². The second-order valence-corrected chi connectivity index (χ2v) is 2.38. The predicted molar refractivity (Wildman–Crippen MR) is 36.9 cm³/mol. The Bertz CT molecular complexity index is 94.9. The lowest BCUT2D eigenvalue weighted by molar-refractivity contribution is 0.138. The Kier molecular flexibility index (Phi) is 3.12. The second kappa shape index (κ2) is 3.91. The maximum absolute atomic E-state index is 8.57. The van der Waals surface area contributed by atoms with Gasteiger partial charge in [-0.25, -0.2) is 0 Å². The zero-order chi connectivity index (χ0) is 7.40. The molecule has 0 aliphatic carbocycles. The third-order valence-corrected chi connectivity index (χ3v) is 1.62. The number of epoxide rings is 1. The molecule has 1 aliphatic rings. The van der Waals surface area contributed by atoms with Gasteiger partial charge in [-0.2, -0.15) is 0 Å². The highest BCUT2D eigenvalue weighted by molar-refractivity contribution is 4.83. The van der Waals surface area contributed by atoms with Gasteiger partial charge in [-0.05, 0) is 13.3 Å². The molecule has 0 bridgehead atoms. The van der Waals surface area contributed by atoms with E-state index in [9.17, 15) is 0 Å². The van der Waals surface area contributed by atoms with Gasteiger partial charge in [0.1, 0.15) is 6.10 Å². The highest BCUT2D eigenvalue weighted by Gasteiger charge is 2.37. The smallest absolute Gasteiger partial charge is 0.107 e. The van der Waals surface area contributed by atoms with Gasteiger partial charge in [0.05, 0.1) is 12.7 Å². The lowest BCUT2D eigenvalue weighted by Crippen LogP contribution is -2.03. The van der Waals surface area contributed by atoms with Crippen molar-refractivity contribution in [1.82, 2.24) is 0 Å². The van der Waals surface area contributed by atoms with Crippen molar-refractivity contribution in [3.63, 3.8) is 0 Å². The van der Waals surface area contributed by atoms with Crippen molar-refractivity contribution in [1.29, 1.82) is 0 Å². The molecule has 1 rings (SSSR count). The normalized spacial score (nSPS) is 30.6. The lowest BCUT2D eigenvalue weighted by Gasteiger charge is -1.95. The largest absolute Gasteiger partial charge is 0.394 e. The van der Waals surface area contributed by atoms with Crippen LogP contribution in [0.4, 0.5) is 0 Å². The highest BCUT2D eigenvalue weighted by Crippen LogP contribution is 2.24. The molecule has 1 fully saturated rings. The fourth-order valence-electron chi connectivity index (χ4n) is 0.938. The van der Waals surface area contributed by atoms with Crippen LogP contribution in [0.5, 0.6) is 0 Å². The summed E-state index contributed by atoms with van der Waals surface area (Å²) >= 11 is 0. The van der Waals surface area contributed by atoms with Gasteiger partial charge in [-0.3, -0.25) is 0 Å². The Hall–Kier alpha value is -0.120. The van der Waals surface area contributed by atoms with Crippen molar-refractivity contribution in [2.75, 3.05) is 19.8 Å². The fourth-order valence-corrected chi connectivity index (χ4v) is 0.938. The highest BCUT2D eigenvalue weighted by atomic mass is 16.6. The molecule has 2 atom stereocenters. The summed E-state index contributed by atoms with van der Waals surface area (Å²) in [6.45, 7) is 3.63. The molecule has 0 aromatic carbocycles. The van der Waals surface area contributed by atoms with Crippen molar-refractivity contribution < 1.29 is 14.6 Å². The topological polar surface area (TPSA) is 42.0 Å². The van der Waals surface area contributed by atoms with Crippen LogP contribution in [0.15, 0.2) is 0 Å². The molecule has 1 N–H and O–H groups in total. The molecule has 10 heavy (non-hydrogen) atoms. The minimum Gasteiger partial charge on any atom is -0.394 e. The second-order valence-electron chi connectivity index (χ2n) is 2.38. The molecule has 0 radical (unpaired) electrons. The van der Waals surface area contributed by atoms with Crippen LogP contribution in [0.1, 0.15) is 13.3 Å². The van der Waals surface area contributed by atoms with E-state index in [0.29, 0.717) is 0 Å². The number of ether oxygens (including phenoxy) is 2. The molecular formula is C7H14O3. The van der Waals surface area contributed by atoms with Gasteiger partial charge in [0, 0.05) is 13.2 Å². The number of hydrogen-bond acceptors (Lipinski definition) is 3. The molecule has 1 heterocycles. The average molecular weight is 146 g/mol. The van der Waals surface area contributed by atoms with Gasteiger partial charge in [-0.1, -0.05) is 0 Å². The molecule has 1 aliphatic heterocycles. The van der Waals surface area contributed by atoms with Crippen LogP contribution in [0.2, 0.25) is 0 Å². The first-order valence-corrected chi connectivity index (χ1v) is 3.72. The van der Waals surface area contributed by atoms with Gasteiger partial charge in [0.2, 0.25) is 0 Å². The number of rotatable bonds is 5. The standard InChI is InChI=1S/C7H14O3/c1-2-9-4-3-6-7(5-8)10-6/h6-8H,2-5H2,1H3. The quantitative estimate of drug-likeness (QED) is 0.444. The van der Waals surface area contributed by atoms with E-state index in [4.69, 9.17) is 14.6 Å². The summed E-state index contributed by atoms with van der Waals surface area (Å²) in [5.74, 6) is 0. The summed E-state index contributed by atoms with van der Waals surface area (Å²) in [6, 6.07) is 0. The first-order chi connectivity index (χ1) is 4.88. The Morgan fingerprint density at radius 3 is 2.80 bits per heavy atom. The molecule has 60 valence electrons. The molecule has 0 saturated carbocycles.